The minimum Gasteiger partial charge on any atom is -0.310 e. The molecule has 3 nitrogen and oxygen atoms in total. The van der Waals surface area contributed by atoms with Crippen LogP contribution in [0.15, 0.2) is 30.6 Å². The lowest BCUT2D eigenvalue weighted by Gasteiger charge is -2.10. The third-order valence-corrected chi connectivity index (χ3v) is 3.64. The maximum Gasteiger partial charge on any atom is 0.142 e. The number of benzene rings is 1. The minimum absolute atomic E-state index is 0.168. The average molecular weight is 296 g/mol. The summed E-state index contributed by atoms with van der Waals surface area (Å²) in [5.74, 6) is -0.394. The van der Waals surface area contributed by atoms with Crippen molar-refractivity contribution in [1.29, 1.82) is 0 Å². The Kier molecular flexibility index (Phi) is 5.15. The topological polar surface area (TPSA) is 29.9 Å². The predicted molar refractivity (Wildman–Crippen MR) is 79.4 cm³/mol. The van der Waals surface area contributed by atoms with Crippen molar-refractivity contribution < 1.29 is 4.39 Å². The van der Waals surface area contributed by atoms with Gasteiger partial charge in [0.2, 0.25) is 0 Å². The summed E-state index contributed by atoms with van der Waals surface area (Å²) in [6.07, 6.45) is 4.90. The van der Waals surface area contributed by atoms with Crippen molar-refractivity contribution in [2.75, 3.05) is 6.54 Å². The first-order valence-electron chi connectivity index (χ1n) is 6.80. The van der Waals surface area contributed by atoms with Crippen LogP contribution in [-0.2, 0) is 6.54 Å². The number of hydrogen-bond donors (Lipinski definition) is 1. The molecule has 2 rings (SSSR count). The standard InChI is InChI=1S/C15H19ClFN3/c1-3-7-18-11(2)13-8-19-20(10-13)9-12-5-4-6-14(17)15(12)16/h4-6,8,10-11,18H,3,7,9H2,1-2H3. The summed E-state index contributed by atoms with van der Waals surface area (Å²) in [6.45, 7) is 5.68. The summed E-state index contributed by atoms with van der Waals surface area (Å²) >= 11 is 5.95. The summed E-state index contributed by atoms with van der Waals surface area (Å²) in [4.78, 5) is 0. The number of aromatic nitrogens is 2. The zero-order chi connectivity index (χ0) is 14.5. The molecule has 20 heavy (non-hydrogen) atoms. The quantitative estimate of drug-likeness (QED) is 0.879. The van der Waals surface area contributed by atoms with Crippen LogP contribution >= 0.6 is 11.6 Å². The third-order valence-electron chi connectivity index (χ3n) is 3.22. The monoisotopic (exact) mass is 295 g/mol. The molecule has 0 radical (unpaired) electrons. The summed E-state index contributed by atoms with van der Waals surface area (Å²) < 4.78 is 15.2. The summed E-state index contributed by atoms with van der Waals surface area (Å²) in [6, 6.07) is 5.08. The van der Waals surface area contributed by atoms with Crippen molar-refractivity contribution in [2.45, 2.75) is 32.9 Å². The van der Waals surface area contributed by atoms with E-state index >= 15 is 0 Å². The first kappa shape index (κ1) is 15.0. The van der Waals surface area contributed by atoms with Crippen LogP contribution in [0.25, 0.3) is 0 Å². The molecule has 1 aromatic heterocycles. The molecule has 108 valence electrons. The van der Waals surface area contributed by atoms with E-state index in [0.29, 0.717) is 6.54 Å². The van der Waals surface area contributed by atoms with Crippen LogP contribution in [0.4, 0.5) is 4.39 Å². The lowest BCUT2D eigenvalue weighted by Crippen LogP contribution is -2.18. The van der Waals surface area contributed by atoms with Gasteiger partial charge < -0.3 is 5.32 Å². The highest BCUT2D eigenvalue weighted by Gasteiger charge is 2.10. The molecule has 0 amide bonds. The maximum absolute atomic E-state index is 13.4. The van der Waals surface area contributed by atoms with Gasteiger partial charge in [0.15, 0.2) is 0 Å². The van der Waals surface area contributed by atoms with Gasteiger partial charge in [-0.2, -0.15) is 5.10 Å². The highest BCUT2D eigenvalue weighted by Crippen LogP contribution is 2.21. The number of rotatable bonds is 6. The Bertz CT molecular complexity index is 568. The average Bonchev–Trinajstić information content (AvgIpc) is 2.90. The van der Waals surface area contributed by atoms with Crippen LogP contribution in [0.3, 0.4) is 0 Å². The second-order valence-corrected chi connectivity index (χ2v) is 5.24. The Morgan fingerprint density at radius 1 is 1.45 bits per heavy atom. The van der Waals surface area contributed by atoms with E-state index in [1.807, 2.05) is 18.5 Å². The molecule has 1 heterocycles. The molecule has 1 aromatic carbocycles. The lowest BCUT2D eigenvalue weighted by molar-refractivity contribution is 0.569. The smallest absolute Gasteiger partial charge is 0.142 e. The van der Waals surface area contributed by atoms with Crippen molar-refractivity contribution in [3.05, 3.63) is 52.6 Å². The number of hydrogen-bond acceptors (Lipinski definition) is 2. The molecule has 1 atom stereocenters. The number of halogens is 2. The molecule has 0 saturated heterocycles. The van der Waals surface area contributed by atoms with Gasteiger partial charge in [0.1, 0.15) is 5.82 Å². The minimum atomic E-state index is -0.394. The molecule has 0 aliphatic carbocycles. The summed E-state index contributed by atoms with van der Waals surface area (Å²) in [7, 11) is 0. The molecule has 0 saturated carbocycles. The van der Waals surface area contributed by atoms with E-state index in [1.165, 1.54) is 6.07 Å². The molecular weight excluding hydrogens is 277 g/mol. The molecule has 2 aromatic rings. The van der Waals surface area contributed by atoms with Gasteiger partial charge in [-0.05, 0) is 31.5 Å². The normalized spacial score (nSPS) is 12.6. The van der Waals surface area contributed by atoms with Crippen LogP contribution in [0.2, 0.25) is 5.02 Å². The van der Waals surface area contributed by atoms with Crippen molar-refractivity contribution in [3.8, 4) is 0 Å². The van der Waals surface area contributed by atoms with Crippen molar-refractivity contribution >= 4 is 11.6 Å². The fourth-order valence-corrected chi connectivity index (χ4v) is 2.20. The molecular formula is C15H19ClFN3. The van der Waals surface area contributed by atoms with E-state index in [9.17, 15) is 4.39 Å². The van der Waals surface area contributed by atoms with Gasteiger partial charge in [0.05, 0.1) is 17.8 Å². The van der Waals surface area contributed by atoms with E-state index < -0.39 is 5.82 Å². The Morgan fingerprint density at radius 3 is 3.00 bits per heavy atom. The highest BCUT2D eigenvalue weighted by atomic mass is 35.5. The predicted octanol–water partition coefficient (Wildman–Crippen LogP) is 3.78. The van der Waals surface area contributed by atoms with E-state index in [1.54, 1.807) is 10.7 Å². The Morgan fingerprint density at radius 2 is 2.25 bits per heavy atom. The van der Waals surface area contributed by atoms with Crippen molar-refractivity contribution in [2.24, 2.45) is 0 Å². The fraction of sp³-hybridized carbons (Fsp3) is 0.400. The van der Waals surface area contributed by atoms with Crippen LogP contribution in [0.5, 0.6) is 0 Å². The summed E-state index contributed by atoms with van der Waals surface area (Å²) in [5.41, 5.74) is 1.85. The Balaban J connectivity index is 2.07. The van der Waals surface area contributed by atoms with E-state index in [4.69, 9.17) is 11.6 Å². The second kappa shape index (κ2) is 6.86. The fourth-order valence-electron chi connectivity index (χ4n) is 2.01. The van der Waals surface area contributed by atoms with Crippen molar-refractivity contribution in [1.82, 2.24) is 15.1 Å². The number of nitrogens with zero attached hydrogens (tertiary/aromatic N) is 2. The molecule has 0 fully saturated rings. The highest BCUT2D eigenvalue weighted by molar-refractivity contribution is 6.31. The first-order chi connectivity index (χ1) is 9.61. The molecule has 0 bridgehead atoms. The molecule has 5 heteroatoms. The molecule has 1 unspecified atom stereocenters. The van der Waals surface area contributed by atoms with Crippen LogP contribution in [0.1, 0.15) is 37.4 Å². The SMILES string of the molecule is CCCNC(C)c1cnn(Cc2cccc(F)c2Cl)c1. The zero-order valence-corrected chi connectivity index (χ0v) is 12.5. The van der Waals surface area contributed by atoms with Gasteiger partial charge in [0.25, 0.3) is 0 Å². The molecule has 0 aliphatic rings. The van der Waals surface area contributed by atoms with Crippen LogP contribution in [0, 0.1) is 5.82 Å². The molecule has 0 spiro atoms. The van der Waals surface area contributed by atoms with E-state index in [-0.39, 0.29) is 11.1 Å². The van der Waals surface area contributed by atoms with Crippen molar-refractivity contribution in [3.63, 3.8) is 0 Å². The number of nitrogens with one attached hydrogen (secondary N) is 1. The van der Waals surface area contributed by atoms with Crippen LogP contribution < -0.4 is 5.32 Å². The maximum atomic E-state index is 13.4. The molecule has 0 aliphatic heterocycles. The first-order valence-corrected chi connectivity index (χ1v) is 7.18. The third kappa shape index (κ3) is 3.58. The van der Waals surface area contributed by atoms with E-state index in [2.05, 4.69) is 24.3 Å². The largest absolute Gasteiger partial charge is 0.310 e. The Labute approximate surface area is 123 Å². The Hall–Kier alpha value is -1.39. The van der Waals surface area contributed by atoms with Gasteiger partial charge in [-0.15, -0.1) is 0 Å². The second-order valence-electron chi connectivity index (χ2n) is 4.86. The van der Waals surface area contributed by atoms with Gasteiger partial charge in [-0.1, -0.05) is 30.7 Å². The van der Waals surface area contributed by atoms with Gasteiger partial charge in [-0.25, -0.2) is 4.39 Å². The van der Waals surface area contributed by atoms with Gasteiger partial charge >= 0.3 is 0 Å². The van der Waals surface area contributed by atoms with Gasteiger partial charge in [0, 0.05) is 17.8 Å². The van der Waals surface area contributed by atoms with E-state index in [0.717, 1.165) is 24.1 Å². The van der Waals surface area contributed by atoms with Crippen LogP contribution in [-0.4, -0.2) is 16.3 Å². The zero-order valence-electron chi connectivity index (χ0n) is 11.7. The molecule has 1 N–H and O–H groups in total. The summed E-state index contributed by atoms with van der Waals surface area (Å²) in [5, 5.41) is 7.88. The van der Waals surface area contributed by atoms with Gasteiger partial charge in [-0.3, -0.25) is 4.68 Å². The lowest BCUT2D eigenvalue weighted by atomic mass is 10.2.